The molecule has 0 fully saturated rings. The Labute approximate surface area is 221 Å². The molecule has 0 aromatic heterocycles. The average Bonchev–Trinajstić information content (AvgIpc) is 2.86. The van der Waals surface area contributed by atoms with Crippen LogP contribution in [0.25, 0.3) is 10.8 Å². The molecule has 6 nitrogen and oxygen atoms in total. The van der Waals surface area contributed by atoms with Crippen LogP contribution >= 0.6 is 0 Å². The molecule has 2 unspecified atom stereocenters. The highest BCUT2D eigenvalue weighted by Gasteiger charge is 2.32. The Morgan fingerprint density at radius 1 is 0.919 bits per heavy atom. The lowest BCUT2D eigenvalue weighted by atomic mass is 10.0. The van der Waals surface area contributed by atoms with Gasteiger partial charge < -0.3 is 24.8 Å². The Morgan fingerprint density at radius 3 is 2.16 bits per heavy atom. The van der Waals surface area contributed by atoms with Gasteiger partial charge in [-0.3, -0.25) is 4.79 Å². The lowest BCUT2D eigenvalue weighted by molar-refractivity contribution is -0.179. The number of benzene rings is 3. The molecule has 0 aliphatic rings. The Kier molecular flexibility index (Phi) is 10.1. The van der Waals surface area contributed by atoms with Crippen LogP contribution in [0, 0.1) is 0 Å². The summed E-state index contributed by atoms with van der Waals surface area (Å²) in [4.78, 5) is 15.7. The minimum absolute atomic E-state index is 0.139. The summed E-state index contributed by atoms with van der Waals surface area (Å²) in [5, 5.41) is 2.25. The minimum atomic E-state index is -0.712. The maximum absolute atomic E-state index is 13.9. The minimum Gasteiger partial charge on any atom is -0.488 e. The van der Waals surface area contributed by atoms with Gasteiger partial charge in [-0.25, -0.2) is 0 Å². The third kappa shape index (κ3) is 8.03. The van der Waals surface area contributed by atoms with Crippen LogP contribution in [0.15, 0.2) is 66.7 Å². The van der Waals surface area contributed by atoms with Crippen molar-refractivity contribution < 1.29 is 19.0 Å². The lowest BCUT2D eigenvalue weighted by Gasteiger charge is -2.36. The number of nitrogens with two attached hydrogens (primary N) is 1. The van der Waals surface area contributed by atoms with E-state index in [9.17, 15) is 4.79 Å². The fourth-order valence-electron chi connectivity index (χ4n) is 4.44. The molecule has 0 saturated carbocycles. The highest BCUT2D eigenvalue weighted by Crippen LogP contribution is 2.24. The molecule has 200 valence electrons. The van der Waals surface area contributed by atoms with Gasteiger partial charge in [0.15, 0.2) is 6.29 Å². The molecule has 1 amide bonds. The second-order valence-corrected chi connectivity index (χ2v) is 10.3. The maximum atomic E-state index is 13.9. The van der Waals surface area contributed by atoms with Crippen molar-refractivity contribution in [3.8, 4) is 5.75 Å². The van der Waals surface area contributed by atoms with Crippen LogP contribution in [0.5, 0.6) is 5.75 Å². The van der Waals surface area contributed by atoms with Gasteiger partial charge in [0.05, 0.1) is 12.1 Å². The van der Waals surface area contributed by atoms with Gasteiger partial charge in [0.2, 0.25) is 5.91 Å². The van der Waals surface area contributed by atoms with Gasteiger partial charge in [-0.1, -0.05) is 54.6 Å². The molecule has 3 aromatic rings. The first-order valence-electron chi connectivity index (χ1n) is 13.2. The first-order valence-corrected chi connectivity index (χ1v) is 13.2. The molecular weight excluding hydrogens is 464 g/mol. The van der Waals surface area contributed by atoms with Crippen LogP contribution in [0.4, 0.5) is 0 Å². The Bertz CT molecular complexity index is 1130. The fraction of sp³-hybridized carbons (Fsp3) is 0.452. The van der Waals surface area contributed by atoms with Crippen LogP contribution in [0.2, 0.25) is 0 Å². The van der Waals surface area contributed by atoms with E-state index in [2.05, 4.69) is 24.3 Å². The summed E-state index contributed by atoms with van der Waals surface area (Å²) in [6.07, 6.45) is -0.128. The Balaban J connectivity index is 1.85. The molecule has 0 saturated heterocycles. The van der Waals surface area contributed by atoms with Gasteiger partial charge in [0.1, 0.15) is 11.4 Å². The van der Waals surface area contributed by atoms with Crippen molar-refractivity contribution in [3.05, 3.63) is 77.9 Å². The quantitative estimate of drug-likeness (QED) is 0.319. The van der Waals surface area contributed by atoms with Crippen LogP contribution in [-0.2, 0) is 27.2 Å². The zero-order valence-corrected chi connectivity index (χ0v) is 23.1. The monoisotopic (exact) mass is 506 g/mol. The van der Waals surface area contributed by atoms with Crippen molar-refractivity contribution in [2.75, 3.05) is 13.2 Å². The number of carbonyl (C=O) groups excluding carboxylic acids is 1. The molecule has 3 rings (SSSR count). The standard InChI is InChI=1S/C31H42N2O4/c1-7-35-30(36-8-2)22(3)33(21-25-14-11-13-24-12-9-10-15-27(24)25)29(34)28(32)20-23-16-18-26(19-17-23)37-31(4,5)6/h9-19,22,28,30H,7-8,20-21,32H2,1-6H3. The number of rotatable bonds is 12. The summed E-state index contributed by atoms with van der Waals surface area (Å²) in [5.41, 5.74) is 8.30. The van der Waals surface area contributed by atoms with Crippen LogP contribution in [0.3, 0.4) is 0 Å². The molecule has 2 N–H and O–H groups in total. The van der Waals surface area contributed by atoms with Gasteiger partial charge in [-0.05, 0) is 82.0 Å². The molecule has 0 aliphatic heterocycles. The van der Waals surface area contributed by atoms with Crippen LogP contribution < -0.4 is 10.5 Å². The predicted octanol–water partition coefficient (Wildman–Crippen LogP) is 5.70. The average molecular weight is 507 g/mol. The summed E-state index contributed by atoms with van der Waals surface area (Å²) < 4.78 is 17.7. The van der Waals surface area contributed by atoms with E-state index < -0.39 is 12.3 Å². The molecule has 0 aliphatic carbocycles. The zero-order chi connectivity index (χ0) is 27.0. The SMILES string of the molecule is CCOC(OCC)C(C)N(Cc1cccc2ccccc12)C(=O)C(N)Cc1ccc(OC(C)(C)C)cc1. The molecule has 2 atom stereocenters. The number of nitrogens with zero attached hydrogens (tertiary/aromatic N) is 1. The molecule has 0 bridgehead atoms. The number of carbonyl (C=O) groups is 1. The Morgan fingerprint density at radius 2 is 1.54 bits per heavy atom. The summed E-state index contributed by atoms with van der Waals surface area (Å²) in [5.74, 6) is 0.651. The molecule has 0 radical (unpaired) electrons. The van der Waals surface area contributed by atoms with E-state index in [0.29, 0.717) is 26.2 Å². The van der Waals surface area contributed by atoms with E-state index in [1.54, 1.807) is 4.90 Å². The number of hydrogen-bond acceptors (Lipinski definition) is 5. The molecular formula is C31H42N2O4. The van der Waals surface area contributed by atoms with Crippen molar-refractivity contribution in [1.82, 2.24) is 4.90 Å². The number of amides is 1. The predicted molar refractivity (Wildman–Crippen MR) is 150 cm³/mol. The van der Waals surface area contributed by atoms with Crippen molar-refractivity contribution in [2.24, 2.45) is 5.73 Å². The lowest BCUT2D eigenvalue weighted by Crippen LogP contribution is -2.52. The summed E-state index contributed by atoms with van der Waals surface area (Å²) in [7, 11) is 0. The first kappa shape index (κ1) is 28.6. The molecule has 37 heavy (non-hydrogen) atoms. The third-order valence-electron chi connectivity index (χ3n) is 6.17. The Hall–Kier alpha value is -2.93. The highest BCUT2D eigenvalue weighted by molar-refractivity contribution is 5.87. The zero-order valence-electron chi connectivity index (χ0n) is 23.1. The normalized spacial score (nSPS) is 13.5. The highest BCUT2D eigenvalue weighted by atomic mass is 16.7. The topological polar surface area (TPSA) is 74.0 Å². The summed E-state index contributed by atoms with van der Waals surface area (Å²) in [6, 6.07) is 21.1. The van der Waals surface area contributed by atoms with Crippen LogP contribution in [0.1, 0.15) is 52.7 Å². The van der Waals surface area contributed by atoms with Crippen LogP contribution in [-0.4, -0.2) is 48.0 Å². The van der Waals surface area contributed by atoms with Gasteiger partial charge in [0.25, 0.3) is 0 Å². The van der Waals surface area contributed by atoms with Crippen molar-refractivity contribution in [2.45, 2.75) is 78.5 Å². The van der Waals surface area contributed by atoms with Gasteiger partial charge in [-0.15, -0.1) is 0 Å². The summed E-state index contributed by atoms with van der Waals surface area (Å²) in [6.45, 7) is 13.2. The van der Waals surface area contributed by atoms with E-state index in [4.69, 9.17) is 19.9 Å². The third-order valence-corrected chi connectivity index (χ3v) is 6.17. The van der Waals surface area contributed by atoms with E-state index in [1.165, 1.54) is 0 Å². The first-order chi connectivity index (χ1) is 17.6. The van der Waals surface area contributed by atoms with E-state index in [1.807, 2.05) is 84.0 Å². The van der Waals surface area contributed by atoms with Crippen molar-refractivity contribution in [1.29, 1.82) is 0 Å². The largest absolute Gasteiger partial charge is 0.488 e. The van der Waals surface area contributed by atoms with E-state index >= 15 is 0 Å². The smallest absolute Gasteiger partial charge is 0.240 e. The number of hydrogen-bond donors (Lipinski definition) is 1. The summed E-state index contributed by atoms with van der Waals surface area (Å²) >= 11 is 0. The molecule has 6 heteroatoms. The van der Waals surface area contributed by atoms with Gasteiger partial charge in [0, 0.05) is 19.8 Å². The fourth-order valence-corrected chi connectivity index (χ4v) is 4.44. The maximum Gasteiger partial charge on any atom is 0.240 e. The molecule has 0 heterocycles. The van der Waals surface area contributed by atoms with Gasteiger partial charge >= 0.3 is 0 Å². The molecule has 0 spiro atoms. The number of fused-ring (bicyclic) bond motifs is 1. The van der Waals surface area contributed by atoms with Crippen molar-refractivity contribution in [3.63, 3.8) is 0 Å². The van der Waals surface area contributed by atoms with Crippen molar-refractivity contribution >= 4 is 16.7 Å². The molecule has 3 aromatic carbocycles. The second kappa shape index (κ2) is 13.0. The second-order valence-electron chi connectivity index (χ2n) is 10.3. The number of ether oxygens (including phenoxy) is 3. The van der Waals surface area contributed by atoms with E-state index in [-0.39, 0.29) is 17.6 Å². The van der Waals surface area contributed by atoms with E-state index in [0.717, 1.165) is 27.6 Å². The van der Waals surface area contributed by atoms with Gasteiger partial charge in [-0.2, -0.15) is 0 Å².